The van der Waals surface area contributed by atoms with Gasteiger partial charge in [-0.15, -0.1) is 11.3 Å². The highest BCUT2D eigenvalue weighted by molar-refractivity contribution is 7.10. The summed E-state index contributed by atoms with van der Waals surface area (Å²) in [5.41, 5.74) is 0.146. The molecule has 0 atom stereocenters. The summed E-state index contributed by atoms with van der Waals surface area (Å²) in [6, 6.07) is 8.81. The Morgan fingerprint density at radius 2 is 1.95 bits per heavy atom. The first kappa shape index (κ1) is 15.6. The van der Waals surface area contributed by atoms with Crippen LogP contribution in [-0.2, 0) is 9.53 Å². The molecule has 0 spiro atoms. The van der Waals surface area contributed by atoms with Gasteiger partial charge < -0.3 is 4.74 Å². The number of benzene rings is 1. The molecule has 7 heteroatoms. The van der Waals surface area contributed by atoms with E-state index in [0.29, 0.717) is 0 Å². The number of hydrogen-bond donors (Lipinski definition) is 0. The zero-order valence-corrected chi connectivity index (χ0v) is 12.1. The number of carbonyl (C=O) groups excluding carboxylic acids is 2. The van der Waals surface area contributed by atoms with E-state index < -0.39 is 23.3 Å². The van der Waals surface area contributed by atoms with Gasteiger partial charge in [0.1, 0.15) is 0 Å². The minimum absolute atomic E-state index is 0.104. The predicted octanol–water partition coefficient (Wildman–Crippen LogP) is 3.10. The number of Topliss-reactive ketones (excluding diaryl/α,β-unsaturated/α-hetero) is 1. The van der Waals surface area contributed by atoms with Crippen molar-refractivity contribution in [3.63, 3.8) is 0 Å². The molecular formula is C15H11NO5S. The molecule has 0 bridgehead atoms. The van der Waals surface area contributed by atoms with E-state index in [-0.39, 0.29) is 11.3 Å². The van der Waals surface area contributed by atoms with Gasteiger partial charge in [0.2, 0.25) is 0 Å². The van der Waals surface area contributed by atoms with E-state index in [1.807, 2.05) is 17.5 Å². The Kier molecular flexibility index (Phi) is 5.16. The second-order valence-electron chi connectivity index (χ2n) is 4.18. The monoisotopic (exact) mass is 317 g/mol. The summed E-state index contributed by atoms with van der Waals surface area (Å²) in [4.78, 5) is 34.1. The predicted molar refractivity (Wildman–Crippen MR) is 81.7 cm³/mol. The molecular weight excluding hydrogens is 306 g/mol. The first-order valence-electron chi connectivity index (χ1n) is 6.22. The third-order valence-electron chi connectivity index (χ3n) is 2.67. The molecule has 1 heterocycles. The van der Waals surface area contributed by atoms with Gasteiger partial charge in [-0.3, -0.25) is 14.9 Å². The molecule has 0 N–H and O–H groups in total. The van der Waals surface area contributed by atoms with Crippen molar-refractivity contribution in [1.29, 1.82) is 0 Å². The van der Waals surface area contributed by atoms with E-state index >= 15 is 0 Å². The number of nitrogens with zero attached hydrogens (tertiary/aromatic N) is 1. The molecule has 1 aromatic carbocycles. The summed E-state index contributed by atoms with van der Waals surface area (Å²) in [6.45, 7) is -0.411. The van der Waals surface area contributed by atoms with E-state index in [9.17, 15) is 19.7 Å². The summed E-state index contributed by atoms with van der Waals surface area (Å²) in [7, 11) is 0. The molecule has 0 unspecified atom stereocenters. The molecule has 0 aliphatic heterocycles. The minimum Gasteiger partial charge on any atom is -0.454 e. The lowest BCUT2D eigenvalue weighted by atomic mass is 10.1. The highest BCUT2D eigenvalue weighted by Gasteiger charge is 2.11. The van der Waals surface area contributed by atoms with E-state index in [2.05, 4.69) is 0 Å². The molecule has 0 radical (unpaired) electrons. The lowest BCUT2D eigenvalue weighted by Crippen LogP contribution is -2.12. The highest BCUT2D eigenvalue weighted by Crippen LogP contribution is 2.13. The van der Waals surface area contributed by atoms with Crippen molar-refractivity contribution in [1.82, 2.24) is 0 Å². The quantitative estimate of drug-likeness (QED) is 0.269. The molecule has 2 aromatic rings. The third-order valence-corrected chi connectivity index (χ3v) is 3.51. The maximum atomic E-state index is 11.8. The van der Waals surface area contributed by atoms with Crippen molar-refractivity contribution in [2.45, 2.75) is 0 Å². The van der Waals surface area contributed by atoms with Crippen molar-refractivity contribution >= 4 is 34.9 Å². The Labute approximate surface area is 129 Å². The Morgan fingerprint density at radius 3 is 2.55 bits per heavy atom. The largest absolute Gasteiger partial charge is 0.454 e. The van der Waals surface area contributed by atoms with Crippen molar-refractivity contribution < 1.29 is 19.2 Å². The Hall–Kier alpha value is -2.80. The highest BCUT2D eigenvalue weighted by atomic mass is 32.1. The SMILES string of the molecule is O=C(C=Cc1cccs1)OCC(=O)c1ccc([N+](=O)[O-])cc1. The van der Waals surface area contributed by atoms with Gasteiger partial charge >= 0.3 is 5.97 Å². The van der Waals surface area contributed by atoms with Crippen molar-refractivity contribution in [3.8, 4) is 0 Å². The molecule has 1 aromatic heterocycles. The van der Waals surface area contributed by atoms with Crippen LogP contribution in [-0.4, -0.2) is 23.3 Å². The van der Waals surface area contributed by atoms with Crippen LogP contribution in [0.2, 0.25) is 0 Å². The smallest absolute Gasteiger partial charge is 0.331 e. The van der Waals surface area contributed by atoms with Crippen LogP contribution in [0.4, 0.5) is 5.69 Å². The number of non-ortho nitro benzene ring substituents is 1. The summed E-state index contributed by atoms with van der Waals surface area (Å²) in [5, 5.41) is 12.4. The Bertz CT molecular complexity index is 704. The molecule has 0 aliphatic rings. The van der Waals surface area contributed by atoms with Crippen LogP contribution in [0.25, 0.3) is 6.08 Å². The minimum atomic E-state index is -0.622. The molecule has 6 nitrogen and oxygen atoms in total. The van der Waals surface area contributed by atoms with Gasteiger partial charge in [0.15, 0.2) is 12.4 Å². The number of nitro groups is 1. The average molecular weight is 317 g/mol. The van der Waals surface area contributed by atoms with Gasteiger partial charge in [0.05, 0.1) is 4.92 Å². The number of hydrogen-bond acceptors (Lipinski definition) is 6. The summed E-state index contributed by atoms with van der Waals surface area (Å²) in [6.07, 6.45) is 2.85. The number of ether oxygens (including phenoxy) is 1. The maximum absolute atomic E-state index is 11.8. The van der Waals surface area contributed by atoms with Gasteiger partial charge in [-0.05, 0) is 29.7 Å². The number of ketones is 1. The number of carbonyl (C=O) groups is 2. The first-order chi connectivity index (χ1) is 10.6. The van der Waals surface area contributed by atoms with Gasteiger partial charge in [0, 0.05) is 28.6 Å². The van der Waals surface area contributed by atoms with Crippen LogP contribution in [0.5, 0.6) is 0 Å². The van der Waals surface area contributed by atoms with Crippen molar-refractivity contribution in [2.24, 2.45) is 0 Å². The molecule has 22 heavy (non-hydrogen) atoms. The summed E-state index contributed by atoms with van der Waals surface area (Å²) < 4.78 is 4.83. The Balaban J connectivity index is 1.86. The maximum Gasteiger partial charge on any atom is 0.331 e. The van der Waals surface area contributed by atoms with Crippen LogP contribution >= 0.6 is 11.3 Å². The fourth-order valence-corrected chi connectivity index (χ4v) is 2.19. The van der Waals surface area contributed by atoms with Crippen LogP contribution in [0.15, 0.2) is 47.9 Å². The summed E-state index contributed by atoms with van der Waals surface area (Å²) >= 11 is 1.47. The number of thiophene rings is 1. The number of nitro benzene ring substituents is 1. The third kappa shape index (κ3) is 4.35. The lowest BCUT2D eigenvalue weighted by Gasteiger charge is -2.01. The lowest BCUT2D eigenvalue weighted by molar-refractivity contribution is -0.384. The standard InChI is InChI=1S/C15H11NO5S/c17-14(11-3-5-12(6-4-11)16(19)20)10-21-15(18)8-7-13-2-1-9-22-13/h1-9H,10H2. The average Bonchev–Trinajstić information content (AvgIpc) is 3.04. The van der Waals surface area contributed by atoms with E-state index in [1.165, 1.54) is 41.7 Å². The van der Waals surface area contributed by atoms with Crippen molar-refractivity contribution in [2.75, 3.05) is 6.61 Å². The van der Waals surface area contributed by atoms with Gasteiger partial charge in [-0.2, -0.15) is 0 Å². The second-order valence-corrected chi connectivity index (χ2v) is 5.16. The molecule has 0 saturated heterocycles. The van der Waals surface area contributed by atoms with Crippen LogP contribution in [0.3, 0.4) is 0 Å². The normalized spacial score (nSPS) is 10.5. The van der Waals surface area contributed by atoms with Crippen molar-refractivity contribution in [3.05, 3.63) is 68.4 Å². The van der Waals surface area contributed by atoms with Crippen LogP contribution in [0, 0.1) is 10.1 Å². The zero-order valence-electron chi connectivity index (χ0n) is 11.3. The van der Waals surface area contributed by atoms with E-state index in [4.69, 9.17) is 4.74 Å². The van der Waals surface area contributed by atoms with Crippen LogP contribution in [0.1, 0.15) is 15.2 Å². The van der Waals surface area contributed by atoms with E-state index in [0.717, 1.165) is 4.88 Å². The topological polar surface area (TPSA) is 86.5 Å². The van der Waals surface area contributed by atoms with Gasteiger partial charge in [0.25, 0.3) is 5.69 Å². The fourth-order valence-electron chi connectivity index (χ4n) is 1.57. The van der Waals surface area contributed by atoms with E-state index in [1.54, 1.807) is 6.08 Å². The summed E-state index contributed by atoms with van der Waals surface area (Å²) in [5.74, 6) is -1.04. The molecule has 0 aliphatic carbocycles. The molecule has 112 valence electrons. The number of rotatable bonds is 6. The molecule has 0 fully saturated rings. The number of esters is 1. The Morgan fingerprint density at radius 1 is 1.23 bits per heavy atom. The zero-order chi connectivity index (χ0) is 15.9. The fraction of sp³-hybridized carbons (Fsp3) is 0.0667. The molecule has 0 amide bonds. The molecule has 2 rings (SSSR count). The van der Waals surface area contributed by atoms with Gasteiger partial charge in [-0.1, -0.05) is 6.07 Å². The van der Waals surface area contributed by atoms with Crippen LogP contribution < -0.4 is 0 Å². The van der Waals surface area contributed by atoms with Gasteiger partial charge in [-0.25, -0.2) is 4.79 Å². The second kappa shape index (κ2) is 7.28. The molecule has 0 saturated carbocycles. The first-order valence-corrected chi connectivity index (χ1v) is 7.10.